The van der Waals surface area contributed by atoms with Gasteiger partial charge in [0.2, 0.25) is 5.91 Å². The summed E-state index contributed by atoms with van der Waals surface area (Å²) in [4.78, 5) is 22.7. The number of benzene rings is 2. The first-order valence-electron chi connectivity index (χ1n) is 7.99. The SMILES string of the molecule is O=C(CO)Nc1cccc(NS(=O)(=O)c2cccc(C(=O)NCC(F)(F)F)c2)c1. The van der Waals surface area contributed by atoms with E-state index < -0.39 is 41.2 Å². The number of nitrogens with one attached hydrogen (secondary N) is 3. The van der Waals surface area contributed by atoms with Crippen LogP contribution in [-0.4, -0.2) is 44.7 Å². The van der Waals surface area contributed by atoms with E-state index in [1.807, 2.05) is 0 Å². The lowest BCUT2D eigenvalue weighted by atomic mass is 10.2. The molecule has 12 heteroatoms. The number of anilines is 2. The molecule has 2 aromatic rings. The number of rotatable bonds is 7. The van der Waals surface area contributed by atoms with Crippen molar-refractivity contribution < 1.29 is 36.3 Å². The minimum Gasteiger partial charge on any atom is -0.387 e. The lowest BCUT2D eigenvalue weighted by molar-refractivity contribution is -0.123. The van der Waals surface area contributed by atoms with Crippen LogP contribution in [0.25, 0.3) is 0 Å². The van der Waals surface area contributed by atoms with E-state index >= 15 is 0 Å². The van der Waals surface area contributed by atoms with E-state index in [2.05, 4.69) is 10.0 Å². The molecule has 0 aliphatic rings. The molecule has 0 saturated carbocycles. The average Bonchev–Trinajstić information content (AvgIpc) is 2.65. The van der Waals surface area contributed by atoms with Crippen molar-refractivity contribution in [3.8, 4) is 0 Å². The van der Waals surface area contributed by atoms with E-state index in [4.69, 9.17) is 5.11 Å². The Kier molecular flexibility index (Phi) is 6.82. The second-order valence-electron chi connectivity index (χ2n) is 5.72. The average molecular weight is 431 g/mol. The highest BCUT2D eigenvalue weighted by atomic mass is 32.2. The molecular weight excluding hydrogens is 415 g/mol. The van der Waals surface area contributed by atoms with E-state index in [1.54, 1.807) is 5.32 Å². The zero-order valence-electron chi connectivity index (χ0n) is 14.7. The van der Waals surface area contributed by atoms with Gasteiger partial charge >= 0.3 is 6.18 Å². The van der Waals surface area contributed by atoms with Crippen molar-refractivity contribution in [1.82, 2.24) is 5.32 Å². The van der Waals surface area contributed by atoms with Crippen LogP contribution in [0.2, 0.25) is 0 Å². The van der Waals surface area contributed by atoms with Crippen molar-refractivity contribution in [3.05, 3.63) is 54.1 Å². The van der Waals surface area contributed by atoms with Gasteiger partial charge in [-0.1, -0.05) is 12.1 Å². The first-order chi connectivity index (χ1) is 13.5. The number of amides is 2. The summed E-state index contributed by atoms with van der Waals surface area (Å²) < 4.78 is 64.0. The van der Waals surface area contributed by atoms with Crippen LogP contribution in [0.5, 0.6) is 0 Å². The van der Waals surface area contributed by atoms with Gasteiger partial charge in [-0.15, -0.1) is 0 Å². The second kappa shape index (κ2) is 8.92. The molecule has 4 N–H and O–H groups in total. The number of hydrogen-bond donors (Lipinski definition) is 4. The summed E-state index contributed by atoms with van der Waals surface area (Å²) in [5, 5.41) is 12.7. The molecule has 0 radical (unpaired) electrons. The van der Waals surface area contributed by atoms with Crippen LogP contribution in [0, 0.1) is 0 Å². The minimum atomic E-state index is -4.60. The van der Waals surface area contributed by atoms with Gasteiger partial charge in [-0.25, -0.2) is 8.42 Å². The summed E-state index contributed by atoms with van der Waals surface area (Å²) in [5.74, 6) is -1.77. The highest BCUT2D eigenvalue weighted by Gasteiger charge is 2.28. The largest absolute Gasteiger partial charge is 0.405 e. The molecule has 0 saturated heterocycles. The molecule has 2 aromatic carbocycles. The van der Waals surface area contributed by atoms with Gasteiger partial charge in [0.1, 0.15) is 13.2 Å². The Balaban J connectivity index is 2.18. The first kappa shape index (κ1) is 22.2. The Hall–Kier alpha value is -3.12. The summed E-state index contributed by atoms with van der Waals surface area (Å²) in [6.45, 7) is -2.30. The van der Waals surface area contributed by atoms with Gasteiger partial charge in [0.15, 0.2) is 0 Å². The van der Waals surface area contributed by atoms with Crippen molar-refractivity contribution >= 4 is 33.2 Å². The third-order valence-electron chi connectivity index (χ3n) is 3.40. The molecule has 0 spiro atoms. The van der Waals surface area contributed by atoms with Crippen LogP contribution >= 0.6 is 0 Å². The Bertz CT molecular complexity index is 1010. The number of aliphatic hydroxyl groups excluding tert-OH is 1. The standard InChI is InChI=1S/C17H16F3N3O5S/c18-17(19,20)10-21-16(26)11-3-1-6-14(7-11)29(27,28)23-13-5-2-4-12(8-13)22-15(25)9-24/h1-8,23-24H,9-10H2,(H,21,26)(H,22,25). The van der Waals surface area contributed by atoms with Crippen molar-refractivity contribution in [2.24, 2.45) is 0 Å². The molecule has 0 heterocycles. The number of hydrogen-bond acceptors (Lipinski definition) is 5. The Labute approximate surface area is 163 Å². The van der Waals surface area contributed by atoms with Crippen LogP contribution < -0.4 is 15.4 Å². The predicted molar refractivity (Wildman–Crippen MR) is 97.8 cm³/mol. The molecule has 0 bridgehead atoms. The van der Waals surface area contributed by atoms with Crippen LogP contribution in [0.15, 0.2) is 53.4 Å². The fourth-order valence-corrected chi connectivity index (χ4v) is 3.26. The Morgan fingerprint density at radius 2 is 1.66 bits per heavy atom. The number of aliphatic hydroxyl groups is 1. The smallest absolute Gasteiger partial charge is 0.387 e. The fraction of sp³-hybridized carbons (Fsp3) is 0.176. The van der Waals surface area contributed by atoms with E-state index in [9.17, 15) is 31.2 Å². The van der Waals surface area contributed by atoms with Crippen LogP contribution in [0.4, 0.5) is 24.5 Å². The molecule has 0 unspecified atom stereocenters. The molecule has 0 aliphatic heterocycles. The molecule has 0 atom stereocenters. The number of carbonyl (C=O) groups excluding carboxylic acids is 2. The van der Waals surface area contributed by atoms with Crippen molar-refractivity contribution in [1.29, 1.82) is 0 Å². The summed E-state index contributed by atoms with van der Waals surface area (Å²) in [6.07, 6.45) is -4.60. The normalized spacial score (nSPS) is 11.6. The minimum absolute atomic E-state index is 0.0765. The number of halogens is 3. The monoisotopic (exact) mass is 431 g/mol. The number of alkyl halides is 3. The van der Waals surface area contributed by atoms with E-state index in [0.717, 1.165) is 6.07 Å². The van der Waals surface area contributed by atoms with E-state index in [-0.39, 0.29) is 21.8 Å². The molecule has 0 fully saturated rings. The fourth-order valence-electron chi connectivity index (χ4n) is 2.16. The molecule has 2 amide bonds. The lowest BCUT2D eigenvalue weighted by Gasteiger charge is -2.12. The summed E-state index contributed by atoms with van der Waals surface area (Å²) in [5.41, 5.74) is 0.0401. The molecule has 0 aliphatic carbocycles. The summed E-state index contributed by atoms with van der Waals surface area (Å²) in [7, 11) is -4.18. The molecule has 156 valence electrons. The summed E-state index contributed by atoms with van der Waals surface area (Å²) >= 11 is 0. The number of carbonyl (C=O) groups is 2. The van der Waals surface area contributed by atoms with Crippen LogP contribution in [-0.2, 0) is 14.8 Å². The van der Waals surface area contributed by atoms with Crippen molar-refractivity contribution in [2.75, 3.05) is 23.2 Å². The second-order valence-corrected chi connectivity index (χ2v) is 7.40. The number of sulfonamides is 1. The Morgan fingerprint density at radius 1 is 1.00 bits per heavy atom. The quantitative estimate of drug-likeness (QED) is 0.531. The zero-order valence-corrected chi connectivity index (χ0v) is 15.5. The maximum atomic E-state index is 12.5. The lowest BCUT2D eigenvalue weighted by Crippen LogP contribution is -2.33. The molecule has 8 nitrogen and oxygen atoms in total. The van der Waals surface area contributed by atoms with Crippen LogP contribution in [0.3, 0.4) is 0 Å². The maximum absolute atomic E-state index is 12.5. The zero-order chi connectivity index (χ0) is 21.7. The van der Waals surface area contributed by atoms with Gasteiger partial charge in [0, 0.05) is 11.3 Å². The highest BCUT2D eigenvalue weighted by molar-refractivity contribution is 7.92. The molecular formula is C17H16F3N3O5S. The molecule has 0 aromatic heterocycles. The predicted octanol–water partition coefficient (Wildman–Crippen LogP) is 1.71. The topological polar surface area (TPSA) is 125 Å². The first-order valence-corrected chi connectivity index (χ1v) is 9.47. The molecule has 2 rings (SSSR count). The third kappa shape index (κ3) is 6.76. The van der Waals surface area contributed by atoms with Gasteiger partial charge in [-0.05, 0) is 36.4 Å². The van der Waals surface area contributed by atoms with Gasteiger partial charge in [0.05, 0.1) is 10.6 Å². The van der Waals surface area contributed by atoms with Crippen LogP contribution in [0.1, 0.15) is 10.4 Å². The van der Waals surface area contributed by atoms with E-state index in [1.165, 1.54) is 42.5 Å². The third-order valence-corrected chi connectivity index (χ3v) is 4.78. The Morgan fingerprint density at radius 3 is 2.31 bits per heavy atom. The van der Waals surface area contributed by atoms with E-state index in [0.29, 0.717) is 0 Å². The van der Waals surface area contributed by atoms with Gasteiger partial charge in [0.25, 0.3) is 15.9 Å². The van der Waals surface area contributed by atoms with Crippen molar-refractivity contribution in [2.45, 2.75) is 11.1 Å². The van der Waals surface area contributed by atoms with Gasteiger partial charge in [-0.2, -0.15) is 13.2 Å². The molecule has 29 heavy (non-hydrogen) atoms. The van der Waals surface area contributed by atoms with Gasteiger partial charge < -0.3 is 15.7 Å². The van der Waals surface area contributed by atoms with Crippen molar-refractivity contribution in [3.63, 3.8) is 0 Å². The maximum Gasteiger partial charge on any atom is 0.405 e. The van der Waals surface area contributed by atoms with Gasteiger partial charge in [-0.3, -0.25) is 14.3 Å². The summed E-state index contributed by atoms with van der Waals surface area (Å²) in [6, 6.07) is 10.1. The highest BCUT2D eigenvalue weighted by Crippen LogP contribution is 2.20.